The standard InChI is InChI=1S/C17H19FN2O/c1-20-12-4-5-15(20)16(21)19-17(10-2-3-11-17)13-6-8-14(18)9-7-13/h4-9,12H,2-3,10-11H2,1H3,(H,19,21). The molecule has 0 bridgehead atoms. The average molecular weight is 286 g/mol. The Morgan fingerprint density at radius 1 is 1.19 bits per heavy atom. The van der Waals surface area contributed by atoms with Gasteiger partial charge in [0.05, 0.1) is 5.54 Å². The number of aryl methyl sites for hydroxylation is 1. The fourth-order valence-corrected chi connectivity index (χ4v) is 3.21. The zero-order valence-corrected chi connectivity index (χ0v) is 12.1. The first-order valence-corrected chi connectivity index (χ1v) is 7.31. The number of benzene rings is 1. The van der Waals surface area contributed by atoms with Crippen molar-refractivity contribution in [2.24, 2.45) is 7.05 Å². The van der Waals surface area contributed by atoms with Crippen LogP contribution in [0.15, 0.2) is 42.6 Å². The molecule has 0 aliphatic heterocycles. The van der Waals surface area contributed by atoms with E-state index >= 15 is 0 Å². The Morgan fingerprint density at radius 3 is 2.43 bits per heavy atom. The number of aromatic nitrogens is 1. The van der Waals surface area contributed by atoms with Crippen molar-refractivity contribution in [3.05, 3.63) is 59.7 Å². The minimum absolute atomic E-state index is 0.0753. The summed E-state index contributed by atoms with van der Waals surface area (Å²) in [5.41, 5.74) is 1.27. The molecule has 1 N–H and O–H groups in total. The zero-order valence-electron chi connectivity index (χ0n) is 12.1. The van der Waals surface area contributed by atoms with E-state index in [1.165, 1.54) is 12.1 Å². The fourth-order valence-electron chi connectivity index (χ4n) is 3.21. The van der Waals surface area contributed by atoms with Crippen LogP contribution in [-0.2, 0) is 12.6 Å². The van der Waals surface area contributed by atoms with E-state index in [1.807, 2.05) is 29.9 Å². The predicted molar refractivity (Wildman–Crippen MR) is 79.4 cm³/mol. The SMILES string of the molecule is Cn1cccc1C(=O)NC1(c2ccc(F)cc2)CCCC1. The van der Waals surface area contributed by atoms with Crippen LogP contribution in [-0.4, -0.2) is 10.5 Å². The molecule has 1 amide bonds. The van der Waals surface area contributed by atoms with Gasteiger partial charge in [0.1, 0.15) is 11.5 Å². The molecule has 0 spiro atoms. The topological polar surface area (TPSA) is 34.0 Å². The number of amides is 1. The first-order valence-electron chi connectivity index (χ1n) is 7.31. The van der Waals surface area contributed by atoms with Gasteiger partial charge in [-0.3, -0.25) is 4.79 Å². The second kappa shape index (κ2) is 5.35. The Labute approximate surface area is 123 Å². The summed E-state index contributed by atoms with van der Waals surface area (Å²) >= 11 is 0. The Bertz CT molecular complexity index is 639. The van der Waals surface area contributed by atoms with Crippen LogP contribution >= 0.6 is 0 Å². The minimum atomic E-state index is -0.366. The summed E-state index contributed by atoms with van der Waals surface area (Å²) in [5, 5.41) is 3.19. The lowest BCUT2D eigenvalue weighted by Crippen LogP contribution is -2.44. The molecule has 0 radical (unpaired) electrons. The molecule has 3 rings (SSSR count). The van der Waals surface area contributed by atoms with Crippen molar-refractivity contribution >= 4 is 5.91 Å². The maximum atomic E-state index is 13.1. The summed E-state index contributed by atoms with van der Waals surface area (Å²) in [6.07, 6.45) is 5.80. The van der Waals surface area contributed by atoms with Crippen LogP contribution in [0.4, 0.5) is 4.39 Å². The van der Waals surface area contributed by atoms with Crippen molar-refractivity contribution in [2.75, 3.05) is 0 Å². The third-order valence-electron chi connectivity index (χ3n) is 4.38. The lowest BCUT2D eigenvalue weighted by Gasteiger charge is -2.31. The summed E-state index contributed by atoms with van der Waals surface area (Å²) in [4.78, 5) is 12.5. The third-order valence-corrected chi connectivity index (χ3v) is 4.38. The van der Waals surface area contributed by atoms with Crippen molar-refractivity contribution in [2.45, 2.75) is 31.2 Å². The third kappa shape index (κ3) is 2.58. The van der Waals surface area contributed by atoms with Gasteiger partial charge < -0.3 is 9.88 Å². The van der Waals surface area contributed by atoms with Crippen LogP contribution in [0.2, 0.25) is 0 Å². The van der Waals surface area contributed by atoms with Crippen molar-refractivity contribution in [3.63, 3.8) is 0 Å². The molecule has 1 saturated carbocycles. The fraction of sp³-hybridized carbons (Fsp3) is 0.353. The Hall–Kier alpha value is -2.10. The van der Waals surface area contributed by atoms with Crippen LogP contribution in [0.5, 0.6) is 0 Å². The van der Waals surface area contributed by atoms with Crippen LogP contribution in [0, 0.1) is 5.82 Å². The first kappa shape index (κ1) is 13.9. The molecule has 1 fully saturated rings. The van der Waals surface area contributed by atoms with E-state index < -0.39 is 0 Å². The van der Waals surface area contributed by atoms with E-state index in [-0.39, 0.29) is 17.3 Å². The Morgan fingerprint density at radius 2 is 1.86 bits per heavy atom. The highest BCUT2D eigenvalue weighted by molar-refractivity contribution is 5.93. The van der Waals surface area contributed by atoms with Crippen LogP contribution in [0.1, 0.15) is 41.7 Å². The molecule has 2 aromatic rings. The van der Waals surface area contributed by atoms with Crippen molar-refractivity contribution in [1.29, 1.82) is 0 Å². The van der Waals surface area contributed by atoms with Gasteiger partial charge in [0.15, 0.2) is 0 Å². The highest BCUT2D eigenvalue weighted by Crippen LogP contribution is 2.39. The molecule has 0 saturated heterocycles. The number of hydrogen-bond donors (Lipinski definition) is 1. The summed E-state index contributed by atoms with van der Waals surface area (Å²) in [7, 11) is 1.86. The summed E-state index contributed by atoms with van der Waals surface area (Å²) in [6, 6.07) is 10.2. The van der Waals surface area contributed by atoms with E-state index in [9.17, 15) is 9.18 Å². The number of carbonyl (C=O) groups is 1. The van der Waals surface area contributed by atoms with Gasteiger partial charge in [0.2, 0.25) is 0 Å². The maximum Gasteiger partial charge on any atom is 0.268 e. The highest BCUT2D eigenvalue weighted by atomic mass is 19.1. The van der Waals surface area contributed by atoms with Gasteiger partial charge >= 0.3 is 0 Å². The Kier molecular flexibility index (Phi) is 3.53. The molecule has 110 valence electrons. The number of nitrogens with one attached hydrogen (secondary N) is 1. The van der Waals surface area contributed by atoms with Crippen molar-refractivity contribution in [1.82, 2.24) is 9.88 Å². The molecule has 0 atom stereocenters. The maximum absolute atomic E-state index is 13.1. The molecule has 3 nitrogen and oxygen atoms in total. The predicted octanol–water partition coefficient (Wildman–Crippen LogP) is 3.36. The average Bonchev–Trinajstić information content (AvgIpc) is 3.09. The molecule has 21 heavy (non-hydrogen) atoms. The smallest absolute Gasteiger partial charge is 0.268 e. The number of halogens is 1. The van der Waals surface area contributed by atoms with E-state index in [0.717, 1.165) is 31.2 Å². The summed E-state index contributed by atoms with van der Waals surface area (Å²) < 4.78 is 15.0. The van der Waals surface area contributed by atoms with Gasteiger partial charge in [-0.15, -0.1) is 0 Å². The number of rotatable bonds is 3. The molecule has 1 aliphatic carbocycles. The van der Waals surface area contributed by atoms with Crippen molar-refractivity contribution in [3.8, 4) is 0 Å². The number of carbonyl (C=O) groups excluding carboxylic acids is 1. The van der Waals surface area contributed by atoms with Gasteiger partial charge in [0, 0.05) is 13.2 Å². The van der Waals surface area contributed by atoms with Crippen LogP contribution in [0.25, 0.3) is 0 Å². The Balaban J connectivity index is 1.90. The number of hydrogen-bond acceptors (Lipinski definition) is 1. The normalized spacial score (nSPS) is 16.9. The second-order valence-electron chi connectivity index (χ2n) is 5.75. The van der Waals surface area contributed by atoms with Crippen molar-refractivity contribution < 1.29 is 9.18 Å². The van der Waals surface area contributed by atoms with E-state index in [2.05, 4.69) is 5.32 Å². The highest BCUT2D eigenvalue weighted by Gasteiger charge is 2.37. The van der Waals surface area contributed by atoms with Crippen LogP contribution in [0.3, 0.4) is 0 Å². The number of nitrogens with zero attached hydrogens (tertiary/aromatic N) is 1. The van der Waals surface area contributed by atoms with E-state index in [1.54, 1.807) is 12.1 Å². The van der Waals surface area contributed by atoms with E-state index in [0.29, 0.717) is 5.69 Å². The first-order chi connectivity index (χ1) is 10.1. The van der Waals surface area contributed by atoms with E-state index in [4.69, 9.17) is 0 Å². The molecule has 1 aromatic heterocycles. The quantitative estimate of drug-likeness (QED) is 0.922. The van der Waals surface area contributed by atoms with Gasteiger partial charge in [-0.1, -0.05) is 25.0 Å². The monoisotopic (exact) mass is 286 g/mol. The summed E-state index contributed by atoms with van der Waals surface area (Å²) in [6.45, 7) is 0. The van der Waals surface area contributed by atoms with Gasteiger partial charge in [-0.2, -0.15) is 0 Å². The molecule has 4 heteroatoms. The summed E-state index contributed by atoms with van der Waals surface area (Å²) in [5.74, 6) is -0.325. The molecular weight excluding hydrogens is 267 g/mol. The molecule has 1 aliphatic rings. The van der Waals surface area contributed by atoms with Gasteiger partial charge in [0.25, 0.3) is 5.91 Å². The van der Waals surface area contributed by atoms with Gasteiger partial charge in [-0.25, -0.2) is 4.39 Å². The molecule has 0 unspecified atom stereocenters. The zero-order chi connectivity index (χ0) is 14.9. The largest absolute Gasteiger partial charge is 0.347 e. The lowest BCUT2D eigenvalue weighted by molar-refractivity contribution is 0.0889. The molecular formula is C17H19FN2O. The lowest BCUT2D eigenvalue weighted by atomic mass is 9.88. The second-order valence-corrected chi connectivity index (χ2v) is 5.75. The molecule has 1 heterocycles. The minimum Gasteiger partial charge on any atom is -0.347 e. The van der Waals surface area contributed by atoms with Crippen LogP contribution < -0.4 is 5.32 Å². The van der Waals surface area contributed by atoms with Gasteiger partial charge in [-0.05, 0) is 42.7 Å². The molecule has 1 aromatic carbocycles.